The van der Waals surface area contributed by atoms with Gasteiger partial charge in [0.2, 0.25) is 0 Å². The maximum atomic E-state index is 6.14. The summed E-state index contributed by atoms with van der Waals surface area (Å²) in [6.45, 7) is 1.92. The van der Waals surface area contributed by atoms with Gasteiger partial charge < -0.3 is 0 Å². The Labute approximate surface area is 119 Å². The molecule has 0 aliphatic carbocycles. The molecule has 18 heavy (non-hydrogen) atoms. The standard InChI is InChI=1S/C11H11ClN4S2/c1-6-7(4-13-10(15-6)17-2)9-8(12)5-14-11(16-9)18-3/h4-5H,1-3H3. The molecule has 0 N–H and O–H groups in total. The molecule has 94 valence electrons. The SMILES string of the molecule is CSc1ncc(-c2nc(SC)ncc2Cl)c(C)n1. The van der Waals surface area contributed by atoms with E-state index < -0.39 is 0 Å². The van der Waals surface area contributed by atoms with Crippen LogP contribution in [0.3, 0.4) is 0 Å². The Balaban J connectivity index is 2.54. The van der Waals surface area contributed by atoms with Crippen molar-refractivity contribution >= 4 is 35.1 Å². The fourth-order valence-corrected chi connectivity index (χ4v) is 2.33. The van der Waals surface area contributed by atoms with Crippen molar-refractivity contribution < 1.29 is 0 Å². The summed E-state index contributed by atoms with van der Waals surface area (Å²) in [5.41, 5.74) is 2.39. The summed E-state index contributed by atoms with van der Waals surface area (Å²) >= 11 is 9.12. The third-order valence-corrected chi connectivity index (χ3v) is 3.70. The van der Waals surface area contributed by atoms with E-state index in [0.717, 1.165) is 16.4 Å². The molecule has 0 saturated heterocycles. The molecule has 2 heterocycles. The van der Waals surface area contributed by atoms with Crippen LogP contribution in [0.25, 0.3) is 11.3 Å². The smallest absolute Gasteiger partial charge is 0.187 e. The van der Waals surface area contributed by atoms with E-state index in [-0.39, 0.29) is 0 Å². The van der Waals surface area contributed by atoms with E-state index in [1.165, 1.54) is 23.5 Å². The highest BCUT2D eigenvalue weighted by molar-refractivity contribution is 7.98. The molecule has 0 saturated carbocycles. The Morgan fingerprint density at radius 3 is 2.22 bits per heavy atom. The van der Waals surface area contributed by atoms with Crippen LogP contribution < -0.4 is 0 Å². The fourth-order valence-electron chi connectivity index (χ4n) is 1.41. The Kier molecular flexibility index (Phi) is 4.42. The number of halogens is 1. The second-order valence-corrected chi connectivity index (χ2v) is 5.36. The van der Waals surface area contributed by atoms with Gasteiger partial charge in [0.15, 0.2) is 10.3 Å². The summed E-state index contributed by atoms with van der Waals surface area (Å²) in [6, 6.07) is 0. The molecule has 0 fully saturated rings. The predicted octanol–water partition coefficient (Wildman–Crippen LogP) is 3.34. The van der Waals surface area contributed by atoms with Gasteiger partial charge in [0, 0.05) is 11.8 Å². The zero-order chi connectivity index (χ0) is 13.1. The molecule has 0 radical (unpaired) electrons. The van der Waals surface area contributed by atoms with E-state index in [1.807, 2.05) is 19.4 Å². The van der Waals surface area contributed by atoms with Crippen LogP contribution in [-0.4, -0.2) is 32.4 Å². The second-order valence-electron chi connectivity index (χ2n) is 3.41. The minimum absolute atomic E-state index is 0.511. The highest BCUT2D eigenvalue weighted by atomic mass is 35.5. The minimum Gasteiger partial charge on any atom is -0.230 e. The number of aryl methyl sites for hydroxylation is 1. The van der Waals surface area contributed by atoms with Gasteiger partial charge in [0.05, 0.1) is 22.6 Å². The maximum Gasteiger partial charge on any atom is 0.187 e. The first-order valence-electron chi connectivity index (χ1n) is 5.10. The summed E-state index contributed by atoms with van der Waals surface area (Å²) in [7, 11) is 0. The first-order chi connectivity index (χ1) is 8.65. The summed E-state index contributed by atoms with van der Waals surface area (Å²) in [5, 5.41) is 1.94. The molecule has 2 aromatic rings. The van der Waals surface area contributed by atoms with E-state index in [4.69, 9.17) is 11.6 Å². The third-order valence-electron chi connectivity index (χ3n) is 2.30. The molecular weight excluding hydrogens is 288 g/mol. The normalized spacial score (nSPS) is 10.7. The molecule has 0 aliphatic rings. The van der Waals surface area contributed by atoms with Crippen molar-refractivity contribution in [2.24, 2.45) is 0 Å². The van der Waals surface area contributed by atoms with Gasteiger partial charge in [-0.1, -0.05) is 35.1 Å². The van der Waals surface area contributed by atoms with Gasteiger partial charge in [-0.3, -0.25) is 0 Å². The van der Waals surface area contributed by atoms with Crippen molar-refractivity contribution in [1.29, 1.82) is 0 Å². The molecule has 0 unspecified atom stereocenters. The Hall–Kier alpha value is -0.850. The summed E-state index contributed by atoms with van der Waals surface area (Å²) in [5.74, 6) is 0. The number of hydrogen-bond acceptors (Lipinski definition) is 6. The van der Waals surface area contributed by atoms with Gasteiger partial charge >= 0.3 is 0 Å². The van der Waals surface area contributed by atoms with Gasteiger partial charge in [-0.2, -0.15) is 0 Å². The van der Waals surface area contributed by atoms with Crippen LogP contribution >= 0.6 is 35.1 Å². The quantitative estimate of drug-likeness (QED) is 0.640. The third kappa shape index (κ3) is 2.76. The molecule has 0 aliphatic heterocycles. The topological polar surface area (TPSA) is 51.6 Å². The first-order valence-corrected chi connectivity index (χ1v) is 7.93. The lowest BCUT2D eigenvalue weighted by Gasteiger charge is -2.07. The van der Waals surface area contributed by atoms with Gasteiger partial charge in [-0.15, -0.1) is 0 Å². The molecule has 0 bridgehead atoms. The van der Waals surface area contributed by atoms with E-state index in [1.54, 1.807) is 12.4 Å². The lowest BCUT2D eigenvalue weighted by molar-refractivity contribution is 0.924. The van der Waals surface area contributed by atoms with Crippen molar-refractivity contribution in [3.05, 3.63) is 23.1 Å². The van der Waals surface area contributed by atoms with Crippen LogP contribution in [0.2, 0.25) is 5.02 Å². The minimum atomic E-state index is 0.511. The number of rotatable bonds is 3. The Morgan fingerprint density at radius 1 is 1.00 bits per heavy atom. The van der Waals surface area contributed by atoms with E-state index in [2.05, 4.69) is 19.9 Å². The molecular formula is C11H11ClN4S2. The average molecular weight is 299 g/mol. The van der Waals surface area contributed by atoms with E-state index in [9.17, 15) is 0 Å². The fraction of sp³-hybridized carbons (Fsp3) is 0.273. The lowest BCUT2D eigenvalue weighted by Crippen LogP contribution is -1.97. The van der Waals surface area contributed by atoms with Crippen molar-refractivity contribution in [3.63, 3.8) is 0 Å². The van der Waals surface area contributed by atoms with E-state index in [0.29, 0.717) is 15.9 Å². The zero-order valence-electron chi connectivity index (χ0n) is 10.1. The molecule has 0 atom stereocenters. The van der Waals surface area contributed by atoms with Gasteiger partial charge in [-0.05, 0) is 19.4 Å². The highest BCUT2D eigenvalue weighted by Gasteiger charge is 2.12. The van der Waals surface area contributed by atoms with Crippen LogP contribution in [0.1, 0.15) is 5.69 Å². The van der Waals surface area contributed by atoms with Crippen LogP contribution in [0, 0.1) is 6.92 Å². The lowest BCUT2D eigenvalue weighted by atomic mass is 10.2. The highest BCUT2D eigenvalue weighted by Crippen LogP contribution is 2.28. The van der Waals surface area contributed by atoms with Crippen molar-refractivity contribution in [1.82, 2.24) is 19.9 Å². The summed E-state index contributed by atoms with van der Waals surface area (Å²) < 4.78 is 0. The second kappa shape index (κ2) is 5.86. The number of hydrogen-bond donors (Lipinski definition) is 0. The van der Waals surface area contributed by atoms with E-state index >= 15 is 0 Å². The largest absolute Gasteiger partial charge is 0.230 e. The molecule has 0 amide bonds. The van der Waals surface area contributed by atoms with Gasteiger partial charge in [0.25, 0.3) is 0 Å². The van der Waals surface area contributed by atoms with Crippen LogP contribution in [0.4, 0.5) is 0 Å². The Morgan fingerprint density at radius 2 is 1.61 bits per heavy atom. The van der Waals surface area contributed by atoms with Gasteiger partial charge in [0.1, 0.15) is 0 Å². The average Bonchev–Trinajstić information content (AvgIpc) is 2.39. The zero-order valence-corrected chi connectivity index (χ0v) is 12.5. The summed E-state index contributed by atoms with van der Waals surface area (Å²) in [4.78, 5) is 17.2. The molecule has 4 nitrogen and oxygen atoms in total. The number of aromatic nitrogens is 4. The number of nitrogens with zero attached hydrogens (tertiary/aromatic N) is 4. The molecule has 2 aromatic heterocycles. The molecule has 0 spiro atoms. The van der Waals surface area contributed by atoms with Crippen molar-refractivity contribution in [3.8, 4) is 11.3 Å². The molecule has 0 aromatic carbocycles. The molecule has 7 heteroatoms. The first kappa shape index (κ1) is 13.6. The van der Waals surface area contributed by atoms with Crippen molar-refractivity contribution in [2.75, 3.05) is 12.5 Å². The maximum absolute atomic E-state index is 6.14. The Bertz CT molecular complexity index is 577. The molecule has 2 rings (SSSR count). The van der Waals surface area contributed by atoms with Gasteiger partial charge in [-0.25, -0.2) is 19.9 Å². The predicted molar refractivity (Wildman–Crippen MR) is 76.4 cm³/mol. The van der Waals surface area contributed by atoms with Crippen LogP contribution in [0.15, 0.2) is 22.7 Å². The van der Waals surface area contributed by atoms with Crippen LogP contribution in [0.5, 0.6) is 0 Å². The summed E-state index contributed by atoms with van der Waals surface area (Å²) in [6.07, 6.45) is 7.23. The van der Waals surface area contributed by atoms with Crippen molar-refractivity contribution in [2.45, 2.75) is 17.2 Å². The monoisotopic (exact) mass is 298 g/mol. The number of thioether (sulfide) groups is 2. The van der Waals surface area contributed by atoms with Crippen LogP contribution in [-0.2, 0) is 0 Å².